The van der Waals surface area contributed by atoms with Gasteiger partial charge in [-0.1, -0.05) is 6.92 Å². The van der Waals surface area contributed by atoms with Gasteiger partial charge < -0.3 is 10.2 Å². The lowest BCUT2D eigenvalue weighted by Crippen LogP contribution is -2.43. The number of aryl methyl sites for hydroxylation is 1. The lowest BCUT2D eigenvalue weighted by atomic mass is 10.2. The molecule has 4 heteroatoms. The van der Waals surface area contributed by atoms with E-state index in [1.807, 2.05) is 11.3 Å². The van der Waals surface area contributed by atoms with Gasteiger partial charge in [0.05, 0.1) is 0 Å². The van der Waals surface area contributed by atoms with E-state index in [4.69, 9.17) is 0 Å². The Balaban J connectivity index is 1.90. The van der Waals surface area contributed by atoms with Gasteiger partial charge in [-0.3, -0.25) is 4.90 Å². The van der Waals surface area contributed by atoms with E-state index in [1.165, 1.54) is 41.5 Å². The number of rotatable bonds is 5. The van der Waals surface area contributed by atoms with Crippen LogP contribution >= 0.6 is 11.3 Å². The minimum atomic E-state index is 1.02. The predicted molar refractivity (Wildman–Crippen MR) is 79.2 cm³/mol. The molecular weight excluding hydrogens is 242 g/mol. The minimum Gasteiger partial charge on any atom is -0.312 e. The quantitative estimate of drug-likeness (QED) is 0.879. The van der Waals surface area contributed by atoms with Gasteiger partial charge >= 0.3 is 0 Å². The molecule has 102 valence electrons. The second-order valence-electron chi connectivity index (χ2n) is 5.15. The molecule has 0 aromatic carbocycles. The summed E-state index contributed by atoms with van der Waals surface area (Å²) < 4.78 is 0. The average molecular weight is 267 g/mol. The lowest BCUT2D eigenvalue weighted by Gasteiger charge is -2.32. The van der Waals surface area contributed by atoms with Gasteiger partial charge in [-0.05, 0) is 32.1 Å². The van der Waals surface area contributed by atoms with Crippen LogP contribution < -0.4 is 5.32 Å². The van der Waals surface area contributed by atoms with E-state index in [0.717, 1.165) is 19.6 Å². The monoisotopic (exact) mass is 267 g/mol. The van der Waals surface area contributed by atoms with Gasteiger partial charge in [0.15, 0.2) is 0 Å². The Hall–Kier alpha value is -0.420. The van der Waals surface area contributed by atoms with E-state index in [2.05, 4.69) is 42.1 Å². The maximum atomic E-state index is 3.40. The van der Waals surface area contributed by atoms with Crippen LogP contribution in [0.3, 0.4) is 0 Å². The number of likely N-dealkylation sites (N-methyl/N-ethyl adjacent to an activating group) is 1. The molecule has 0 amide bonds. The summed E-state index contributed by atoms with van der Waals surface area (Å²) in [6, 6.07) is 2.39. The topological polar surface area (TPSA) is 18.5 Å². The highest BCUT2D eigenvalue weighted by molar-refractivity contribution is 7.12. The van der Waals surface area contributed by atoms with Gasteiger partial charge in [-0.2, -0.15) is 0 Å². The molecule has 0 bridgehead atoms. The molecule has 1 fully saturated rings. The summed E-state index contributed by atoms with van der Waals surface area (Å²) >= 11 is 1.94. The van der Waals surface area contributed by atoms with E-state index >= 15 is 0 Å². The normalized spacial score (nSPS) is 18.4. The van der Waals surface area contributed by atoms with Gasteiger partial charge in [0.25, 0.3) is 0 Å². The first-order valence-electron chi connectivity index (χ1n) is 6.89. The smallest absolute Gasteiger partial charge is 0.0299 e. The predicted octanol–water partition coefficient (Wildman–Crippen LogP) is 1.91. The average Bonchev–Trinajstić information content (AvgIpc) is 2.70. The summed E-state index contributed by atoms with van der Waals surface area (Å²) in [6.07, 6.45) is 0. The number of hydrogen-bond donors (Lipinski definition) is 1. The van der Waals surface area contributed by atoms with Gasteiger partial charge in [0, 0.05) is 49.0 Å². The standard InChI is InChI=1S/C14H25N3S/c1-4-15-10-14-9-13(12(2)18-14)11-17-7-5-16(3)6-8-17/h9,15H,4-8,10-11H2,1-3H3. The SMILES string of the molecule is CCNCc1cc(CN2CCN(C)CC2)c(C)s1. The van der Waals surface area contributed by atoms with Crippen molar-refractivity contribution >= 4 is 11.3 Å². The molecule has 0 aliphatic carbocycles. The molecule has 0 radical (unpaired) electrons. The molecule has 0 unspecified atom stereocenters. The Kier molecular flexibility index (Phi) is 5.18. The fourth-order valence-electron chi connectivity index (χ4n) is 2.33. The Morgan fingerprint density at radius 1 is 1.28 bits per heavy atom. The Bertz CT molecular complexity index is 367. The van der Waals surface area contributed by atoms with Crippen molar-refractivity contribution in [2.24, 2.45) is 0 Å². The number of thiophene rings is 1. The molecule has 0 atom stereocenters. The number of nitrogens with one attached hydrogen (secondary N) is 1. The first-order valence-corrected chi connectivity index (χ1v) is 7.70. The number of hydrogen-bond acceptors (Lipinski definition) is 4. The molecule has 1 aliphatic rings. The van der Waals surface area contributed by atoms with Crippen molar-refractivity contribution < 1.29 is 0 Å². The highest BCUT2D eigenvalue weighted by Crippen LogP contribution is 2.23. The zero-order valence-electron chi connectivity index (χ0n) is 11.8. The van der Waals surface area contributed by atoms with Crippen LogP contribution in [-0.2, 0) is 13.1 Å². The largest absolute Gasteiger partial charge is 0.312 e. The molecule has 1 saturated heterocycles. The summed E-state index contributed by atoms with van der Waals surface area (Å²) in [6.45, 7) is 12.4. The molecule has 1 N–H and O–H groups in total. The minimum absolute atomic E-state index is 1.02. The molecule has 1 aliphatic heterocycles. The first kappa shape index (κ1) is 14.0. The maximum absolute atomic E-state index is 3.40. The zero-order chi connectivity index (χ0) is 13.0. The lowest BCUT2D eigenvalue weighted by molar-refractivity contribution is 0.148. The molecule has 0 spiro atoms. The maximum Gasteiger partial charge on any atom is 0.0299 e. The first-order chi connectivity index (χ1) is 8.69. The van der Waals surface area contributed by atoms with Crippen LogP contribution in [-0.4, -0.2) is 49.6 Å². The molecule has 1 aromatic rings. The van der Waals surface area contributed by atoms with Crippen molar-refractivity contribution in [3.05, 3.63) is 21.4 Å². The third-order valence-corrected chi connectivity index (χ3v) is 4.70. The second kappa shape index (κ2) is 6.66. The van der Waals surface area contributed by atoms with Gasteiger partial charge in [0.1, 0.15) is 0 Å². The van der Waals surface area contributed by atoms with Crippen LogP contribution in [0.1, 0.15) is 22.2 Å². The molecule has 3 nitrogen and oxygen atoms in total. The van der Waals surface area contributed by atoms with Crippen LogP contribution in [0, 0.1) is 6.92 Å². The highest BCUT2D eigenvalue weighted by Gasteiger charge is 2.15. The highest BCUT2D eigenvalue weighted by atomic mass is 32.1. The van der Waals surface area contributed by atoms with Crippen LogP contribution in [0.25, 0.3) is 0 Å². The van der Waals surface area contributed by atoms with Crippen molar-refractivity contribution in [3.63, 3.8) is 0 Å². The Morgan fingerprint density at radius 2 is 2.00 bits per heavy atom. The van der Waals surface area contributed by atoms with Crippen LogP contribution in [0.4, 0.5) is 0 Å². The van der Waals surface area contributed by atoms with Crippen LogP contribution in [0.2, 0.25) is 0 Å². The molecular formula is C14H25N3S. The zero-order valence-corrected chi connectivity index (χ0v) is 12.6. The fourth-order valence-corrected chi connectivity index (χ4v) is 3.35. The van der Waals surface area contributed by atoms with Gasteiger partial charge in [-0.15, -0.1) is 11.3 Å². The van der Waals surface area contributed by atoms with E-state index in [-0.39, 0.29) is 0 Å². The summed E-state index contributed by atoms with van der Waals surface area (Å²) in [5.41, 5.74) is 1.53. The Labute approximate surface area is 115 Å². The van der Waals surface area contributed by atoms with Crippen molar-refractivity contribution in [2.75, 3.05) is 39.8 Å². The summed E-state index contributed by atoms with van der Waals surface area (Å²) in [5.74, 6) is 0. The number of nitrogens with zero attached hydrogens (tertiary/aromatic N) is 2. The van der Waals surface area contributed by atoms with Crippen molar-refractivity contribution in [3.8, 4) is 0 Å². The molecule has 1 aromatic heterocycles. The van der Waals surface area contributed by atoms with E-state index in [1.54, 1.807) is 0 Å². The molecule has 18 heavy (non-hydrogen) atoms. The van der Waals surface area contributed by atoms with Crippen molar-refractivity contribution in [1.29, 1.82) is 0 Å². The molecule has 2 rings (SSSR count). The third-order valence-electron chi connectivity index (χ3n) is 3.61. The third kappa shape index (κ3) is 3.79. The molecule has 0 saturated carbocycles. The second-order valence-corrected chi connectivity index (χ2v) is 6.49. The van der Waals surface area contributed by atoms with E-state index in [0.29, 0.717) is 0 Å². The number of piperazine rings is 1. The molecule has 2 heterocycles. The summed E-state index contributed by atoms with van der Waals surface area (Å²) in [4.78, 5) is 7.94. The van der Waals surface area contributed by atoms with Gasteiger partial charge in [-0.25, -0.2) is 0 Å². The van der Waals surface area contributed by atoms with Crippen molar-refractivity contribution in [2.45, 2.75) is 26.9 Å². The fraction of sp³-hybridized carbons (Fsp3) is 0.714. The van der Waals surface area contributed by atoms with Crippen LogP contribution in [0.15, 0.2) is 6.07 Å². The summed E-state index contributed by atoms with van der Waals surface area (Å²) in [7, 11) is 2.21. The van der Waals surface area contributed by atoms with E-state index in [9.17, 15) is 0 Å². The van der Waals surface area contributed by atoms with Crippen molar-refractivity contribution in [1.82, 2.24) is 15.1 Å². The Morgan fingerprint density at radius 3 is 2.67 bits per heavy atom. The van der Waals surface area contributed by atoms with E-state index < -0.39 is 0 Å². The van der Waals surface area contributed by atoms with Crippen LogP contribution in [0.5, 0.6) is 0 Å². The summed E-state index contributed by atoms with van der Waals surface area (Å²) in [5, 5.41) is 3.40. The van der Waals surface area contributed by atoms with Gasteiger partial charge in [0.2, 0.25) is 0 Å².